The van der Waals surface area contributed by atoms with E-state index in [1.165, 1.54) is 283 Å². The second-order valence-electron chi connectivity index (χ2n) is 23.1. The van der Waals surface area contributed by atoms with Crippen LogP contribution in [0.3, 0.4) is 0 Å². The number of unbranched alkanes of at least 4 members (excludes halogenated alkanes) is 46. The Balaban J connectivity index is 3.42. The van der Waals surface area contributed by atoms with Crippen molar-refractivity contribution < 1.29 is 24.5 Å². The molecule has 0 aromatic heterocycles. The van der Waals surface area contributed by atoms with Gasteiger partial charge in [0.2, 0.25) is 5.91 Å². The molecule has 0 rings (SSSR count). The molecule has 75 heavy (non-hydrogen) atoms. The summed E-state index contributed by atoms with van der Waals surface area (Å²) in [5.74, 6) is -0.0420. The molecule has 0 aromatic rings. The van der Waals surface area contributed by atoms with Crippen molar-refractivity contribution in [3.8, 4) is 0 Å². The first-order valence-electron chi connectivity index (χ1n) is 33.7. The molecule has 2 unspecified atom stereocenters. The highest BCUT2D eigenvalue weighted by Crippen LogP contribution is 2.18. The van der Waals surface area contributed by atoms with Crippen LogP contribution >= 0.6 is 0 Å². The molecule has 6 heteroatoms. The van der Waals surface area contributed by atoms with Gasteiger partial charge < -0.3 is 20.3 Å². The molecule has 0 aliphatic heterocycles. The Kier molecular flexibility index (Phi) is 63.0. The van der Waals surface area contributed by atoms with Gasteiger partial charge in [-0.25, -0.2) is 0 Å². The number of carbonyl (C=O) groups is 2. The Bertz CT molecular complexity index is 1210. The van der Waals surface area contributed by atoms with Crippen LogP contribution in [-0.4, -0.2) is 47.4 Å². The molecule has 3 N–H and O–H groups in total. The maximum atomic E-state index is 12.5. The number of aliphatic hydroxyl groups excluding tert-OH is 2. The van der Waals surface area contributed by atoms with Gasteiger partial charge in [0.15, 0.2) is 0 Å². The zero-order valence-electron chi connectivity index (χ0n) is 50.5. The second kappa shape index (κ2) is 64.6. The van der Waals surface area contributed by atoms with Crippen LogP contribution in [0.1, 0.15) is 367 Å². The van der Waals surface area contributed by atoms with E-state index in [0.717, 1.165) is 51.4 Å². The first-order valence-corrected chi connectivity index (χ1v) is 33.7. The van der Waals surface area contributed by atoms with Crippen molar-refractivity contribution >= 4 is 11.9 Å². The Hall–Kier alpha value is -1.92. The number of hydrogen-bond donors (Lipinski definition) is 3. The normalized spacial score (nSPS) is 12.7. The third-order valence-corrected chi connectivity index (χ3v) is 15.7. The van der Waals surface area contributed by atoms with Crippen LogP contribution in [0.4, 0.5) is 0 Å². The topological polar surface area (TPSA) is 95.9 Å². The Morgan fingerprint density at radius 3 is 1.04 bits per heavy atom. The minimum Gasteiger partial charge on any atom is -0.466 e. The van der Waals surface area contributed by atoms with E-state index in [-0.39, 0.29) is 18.5 Å². The lowest BCUT2D eigenvalue weighted by molar-refractivity contribution is -0.143. The standard InChI is InChI=1S/C69H131NO5/c1-3-5-7-9-11-13-15-17-19-21-22-27-30-33-37-41-45-49-53-57-61-67(72)66(65-71)70-68(73)62-58-54-50-46-42-38-34-31-28-25-23-24-26-29-32-36-40-44-48-52-56-60-64-75-69(74)63-59-55-51-47-43-39-35-20-18-16-14-12-10-8-6-4-2/h14,16,20,25,28,35,66-67,71-72H,3-13,15,17-19,21-24,26-27,29-34,36-65H2,1-2H3,(H,70,73)/b16-14-,28-25-,35-20-. The highest BCUT2D eigenvalue weighted by Gasteiger charge is 2.20. The predicted octanol–water partition coefficient (Wildman–Crippen LogP) is 21.5. The van der Waals surface area contributed by atoms with E-state index in [9.17, 15) is 19.8 Å². The smallest absolute Gasteiger partial charge is 0.305 e. The summed E-state index contributed by atoms with van der Waals surface area (Å²) in [6.45, 7) is 4.95. The largest absolute Gasteiger partial charge is 0.466 e. The van der Waals surface area contributed by atoms with E-state index in [2.05, 4.69) is 55.6 Å². The number of carbonyl (C=O) groups excluding carboxylic acids is 2. The SMILES string of the molecule is CCCCCC/C=C\C/C=C\CCCCCCCC(=O)OCCCCCCCCCCCCC/C=C\CCCCCCCCCC(=O)NC(CO)C(O)CCCCCCCCCCCCCCCCCCCCCC. The molecule has 0 saturated carbocycles. The summed E-state index contributed by atoms with van der Waals surface area (Å²) in [4.78, 5) is 24.6. The summed E-state index contributed by atoms with van der Waals surface area (Å²) in [5.41, 5.74) is 0. The minimum absolute atomic E-state index is 0.00302. The van der Waals surface area contributed by atoms with E-state index in [1.807, 2.05) is 0 Å². The number of rotatable bonds is 63. The molecular formula is C69H131NO5. The maximum absolute atomic E-state index is 12.5. The van der Waals surface area contributed by atoms with Gasteiger partial charge in [-0.3, -0.25) is 9.59 Å². The fourth-order valence-electron chi connectivity index (χ4n) is 10.5. The van der Waals surface area contributed by atoms with E-state index in [4.69, 9.17) is 4.74 Å². The van der Waals surface area contributed by atoms with Gasteiger partial charge in [-0.05, 0) is 83.5 Å². The van der Waals surface area contributed by atoms with Gasteiger partial charge in [0.05, 0.1) is 25.4 Å². The second-order valence-corrected chi connectivity index (χ2v) is 23.1. The van der Waals surface area contributed by atoms with Crippen LogP contribution in [0.25, 0.3) is 0 Å². The summed E-state index contributed by atoms with van der Waals surface area (Å²) in [5, 5.41) is 23.4. The Morgan fingerprint density at radius 1 is 0.373 bits per heavy atom. The lowest BCUT2D eigenvalue weighted by Gasteiger charge is -2.22. The zero-order valence-corrected chi connectivity index (χ0v) is 50.5. The Morgan fingerprint density at radius 2 is 0.667 bits per heavy atom. The molecule has 0 heterocycles. The number of hydrogen-bond acceptors (Lipinski definition) is 5. The van der Waals surface area contributed by atoms with Gasteiger partial charge in [0, 0.05) is 12.8 Å². The van der Waals surface area contributed by atoms with Crippen molar-refractivity contribution in [2.45, 2.75) is 379 Å². The molecule has 0 bridgehead atoms. The number of aliphatic hydroxyl groups is 2. The van der Waals surface area contributed by atoms with Crippen LogP contribution in [0.15, 0.2) is 36.5 Å². The van der Waals surface area contributed by atoms with Gasteiger partial charge in [-0.2, -0.15) is 0 Å². The van der Waals surface area contributed by atoms with Crippen molar-refractivity contribution in [2.24, 2.45) is 0 Å². The third-order valence-electron chi connectivity index (χ3n) is 15.7. The predicted molar refractivity (Wildman–Crippen MR) is 329 cm³/mol. The monoisotopic (exact) mass is 1050 g/mol. The Labute approximate surface area is 468 Å². The lowest BCUT2D eigenvalue weighted by Crippen LogP contribution is -2.45. The molecular weight excluding hydrogens is 923 g/mol. The summed E-state index contributed by atoms with van der Waals surface area (Å²) < 4.78 is 5.48. The van der Waals surface area contributed by atoms with E-state index in [1.54, 1.807) is 0 Å². The van der Waals surface area contributed by atoms with Crippen molar-refractivity contribution in [1.82, 2.24) is 5.32 Å². The molecule has 1 amide bonds. The zero-order chi connectivity index (χ0) is 54.3. The average Bonchev–Trinajstić information content (AvgIpc) is 3.41. The highest BCUT2D eigenvalue weighted by molar-refractivity contribution is 5.76. The van der Waals surface area contributed by atoms with Crippen LogP contribution in [0.5, 0.6) is 0 Å². The minimum atomic E-state index is -0.670. The van der Waals surface area contributed by atoms with Crippen molar-refractivity contribution in [2.75, 3.05) is 13.2 Å². The van der Waals surface area contributed by atoms with Gasteiger partial charge >= 0.3 is 5.97 Å². The molecule has 0 radical (unpaired) electrons. The maximum Gasteiger partial charge on any atom is 0.305 e. The first-order chi connectivity index (χ1) is 37.0. The quantitative estimate of drug-likeness (QED) is 0.0320. The summed E-state index contributed by atoms with van der Waals surface area (Å²) >= 11 is 0. The molecule has 0 saturated heterocycles. The van der Waals surface area contributed by atoms with Crippen molar-refractivity contribution in [1.29, 1.82) is 0 Å². The number of ether oxygens (including phenoxy) is 1. The summed E-state index contributed by atoms with van der Waals surface area (Å²) in [6.07, 6.45) is 81.7. The molecule has 0 aliphatic carbocycles. The number of allylic oxidation sites excluding steroid dienone is 6. The molecule has 442 valence electrons. The first kappa shape index (κ1) is 73.1. The molecule has 0 aromatic carbocycles. The molecule has 0 spiro atoms. The van der Waals surface area contributed by atoms with Crippen LogP contribution in [0.2, 0.25) is 0 Å². The van der Waals surface area contributed by atoms with Crippen molar-refractivity contribution in [3.63, 3.8) is 0 Å². The third kappa shape index (κ3) is 61.2. The summed E-state index contributed by atoms with van der Waals surface area (Å²) in [7, 11) is 0. The fourth-order valence-corrected chi connectivity index (χ4v) is 10.5. The molecule has 6 nitrogen and oxygen atoms in total. The molecule has 0 aliphatic rings. The highest BCUT2D eigenvalue weighted by atomic mass is 16.5. The van der Waals surface area contributed by atoms with E-state index >= 15 is 0 Å². The van der Waals surface area contributed by atoms with Gasteiger partial charge in [-0.1, -0.05) is 307 Å². The van der Waals surface area contributed by atoms with Crippen molar-refractivity contribution in [3.05, 3.63) is 36.5 Å². The average molecular weight is 1050 g/mol. The number of nitrogens with one attached hydrogen (secondary N) is 1. The van der Waals surface area contributed by atoms with Gasteiger partial charge in [0.1, 0.15) is 0 Å². The van der Waals surface area contributed by atoms with E-state index < -0.39 is 12.1 Å². The number of amides is 1. The number of esters is 1. The molecule has 0 fully saturated rings. The van der Waals surface area contributed by atoms with Crippen LogP contribution in [-0.2, 0) is 14.3 Å². The lowest BCUT2D eigenvalue weighted by atomic mass is 10.0. The van der Waals surface area contributed by atoms with Crippen LogP contribution in [0, 0.1) is 0 Å². The fraction of sp³-hybridized carbons (Fsp3) is 0.884. The summed E-state index contributed by atoms with van der Waals surface area (Å²) in [6, 6.07) is -0.548. The van der Waals surface area contributed by atoms with Crippen LogP contribution < -0.4 is 5.32 Å². The molecule has 2 atom stereocenters. The van der Waals surface area contributed by atoms with E-state index in [0.29, 0.717) is 25.9 Å². The van der Waals surface area contributed by atoms with Gasteiger partial charge in [0.25, 0.3) is 0 Å². The van der Waals surface area contributed by atoms with Gasteiger partial charge in [-0.15, -0.1) is 0 Å².